The summed E-state index contributed by atoms with van der Waals surface area (Å²) in [5, 5.41) is 0. The van der Waals surface area contributed by atoms with Crippen molar-refractivity contribution >= 4 is 5.78 Å². The molecule has 3 nitrogen and oxygen atoms in total. The second-order valence-corrected chi connectivity index (χ2v) is 4.04. The summed E-state index contributed by atoms with van der Waals surface area (Å²) in [5.74, 6) is 0.276. The van der Waals surface area contributed by atoms with Gasteiger partial charge in [-0.3, -0.25) is 4.79 Å². The Morgan fingerprint density at radius 2 is 1.72 bits per heavy atom. The molecule has 1 aliphatic carbocycles. The van der Waals surface area contributed by atoms with Gasteiger partial charge in [-0.15, -0.1) is 0 Å². The molecule has 0 amide bonds. The van der Waals surface area contributed by atoms with E-state index in [1.165, 1.54) is 13.2 Å². The van der Waals surface area contributed by atoms with Crippen molar-refractivity contribution in [1.29, 1.82) is 0 Å². The zero-order chi connectivity index (χ0) is 13.0. The Kier molecular flexibility index (Phi) is 3.63. The second kappa shape index (κ2) is 5.36. The highest BCUT2D eigenvalue weighted by Crippen LogP contribution is 2.15. The van der Waals surface area contributed by atoms with Crippen LogP contribution in [0.5, 0.6) is 0 Å². The van der Waals surface area contributed by atoms with E-state index in [1.807, 2.05) is 48.7 Å². The summed E-state index contributed by atoms with van der Waals surface area (Å²) < 4.78 is 5.00. The van der Waals surface area contributed by atoms with Crippen LogP contribution in [0, 0.1) is 0 Å². The largest absolute Gasteiger partial charge is 0.493 e. The van der Waals surface area contributed by atoms with Gasteiger partial charge in [-0.25, -0.2) is 0 Å². The maximum Gasteiger partial charge on any atom is 0.220 e. The minimum Gasteiger partial charge on any atom is -0.493 e. The lowest BCUT2D eigenvalue weighted by Crippen LogP contribution is -2.04. The lowest BCUT2D eigenvalue weighted by molar-refractivity contribution is -0.114. The molecule has 0 fully saturated rings. The van der Waals surface area contributed by atoms with Gasteiger partial charge in [0.1, 0.15) is 0 Å². The summed E-state index contributed by atoms with van der Waals surface area (Å²) >= 11 is 0. The number of carbonyl (C=O) groups excluding carboxylic acids is 1. The van der Waals surface area contributed by atoms with E-state index in [2.05, 4.69) is 0 Å². The molecule has 0 aromatic carbocycles. The molecule has 18 heavy (non-hydrogen) atoms. The van der Waals surface area contributed by atoms with Gasteiger partial charge < -0.3 is 9.64 Å². The van der Waals surface area contributed by atoms with Gasteiger partial charge in [-0.1, -0.05) is 18.2 Å². The van der Waals surface area contributed by atoms with Crippen LogP contribution >= 0.6 is 0 Å². The summed E-state index contributed by atoms with van der Waals surface area (Å²) in [7, 11) is 3.48. The average Bonchev–Trinajstić information content (AvgIpc) is 2.39. The maximum atomic E-state index is 11.4. The molecule has 3 heteroatoms. The predicted molar refractivity (Wildman–Crippen MR) is 71.4 cm³/mol. The van der Waals surface area contributed by atoms with Crippen molar-refractivity contribution in [3.63, 3.8) is 0 Å². The zero-order valence-corrected chi connectivity index (χ0v) is 10.5. The van der Waals surface area contributed by atoms with Crippen molar-refractivity contribution in [3.05, 3.63) is 71.8 Å². The molecule has 0 saturated carbocycles. The Morgan fingerprint density at radius 1 is 1.06 bits per heavy atom. The molecule has 2 rings (SSSR count). The summed E-state index contributed by atoms with van der Waals surface area (Å²) in [5.41, 5.74) is 2.05. The molecule has 0 radical (unpaired) electrons. The van der Waals surface area contributed by atoms with Gasteiger partial charge in [0.25, 0.3) is 0 Å². The molecule has 1 heterocycles. The molecule has 0 atom stereocenters. The molecular formula is C15H15NO2. The molecule has 92 valence electrons. The van der Waals surface area contributed by atoms with E-state index in [0.717, 1.165) is 11.1 Å². The van der Waals surface area contributed by atoms with Gasteiger partial charge in [0, 0.05) is 19.4 Å². The molecule has 2 aliphatic rings. The lowest BCUT2D eigenvalue weighted by atomic mass is 10.1. The monoisotopic (exact) mass is 241 g/mol. The molecular weight excluding hydrogens is 226 g/mol. The van der Waals surface area contributed by atoms with Gasteiger partial charge in [0.05, 0.1) is 7.11 Å². The van der Waals surface area contributed by atoms with Crippen LogP contribution in [0.3, 0.4) is 0 Å². The Labute approximate surface area is 107 Å². The van der Waals surface area contributed by atoms with E-state index < -0.39 is 0 Å². The van der Waals surface area contributed by atoms with Gasteiger partial charge in [-0.05, 0) is 35.5 Å². The van der Waals surface area contributed by atoms with Crippen LogP contribution in [-0.2, 0) is 9.53 Å². The first-order chi connectivity index (χ1) is 8.69. The van der Waals surface area contributed by atoms with E-state index in [4.69, 9.17) is 4.74 Å². The maximum absolute atomic E-state index is 11.4. The minimum atomic E-state index is -0.0959. The number of hydrogen-bond acceptors (Lipinski definition) is 3. The smallest absolute Gasteiger partial charge is 0.220 e. The fraction of sp³-hybridized carbons (Fsp3) is 0.133. The van der Waals surface area contributed by atoms with Crippen molar-refractivity contribution in [2.24, 2.45) is 0 Å². The number of hydrogen-bond donors (Lipinski definition) is 0. The molecule has 0 spiro atoms. The Morgan fingerprint density at radius 3 is 2.39 bits per heavy atom. The summed E-state index contributed by atoms with van der Waals surface area (Å²) in [4.78, 5) is 13.3. The molecule has 0 aromatic heterocycles. The molecule has 0 aromatic rings. The summed E-state index contributed by atoms with van der Waals surface area (Å²) in [6.07, 6.45) is 17.0. The Bertz CT molecular complexity index is 515. The second-order valence-electron chi connectivity index (χ2n) is 4.04. The topological polar surface area (TPSA) is 29.5 Å². The minimum absolute atomic E-state index is 0.0959. The van der Waals surface area contributed by atoms with E-state index >= 15 is 0 Å². The fourth-order valence-electron chi connectivity index (χ4n) is 1.60. The number of carbonyl (C=O) groups is 1. The first-order valence-electron chi connectivity index (χ1n) is 5.67. The van der Waals surface area contributed by atoms with Gasteiger partial charge in [0.2, 0.25) is 5.78 Å². The van der Waals surface area contributed by atoms with Gasteiger partial charge in [0.15, 0.2) is 5.76 Å². The van der Waals surface area contributed by atoms with Crippen molar-refractivity contribution in [2.45, 2.75) is 0 Å². The first kappa shape index (κ1) is 12.2. The summed E-state index contributed by atoms with van der Waals surface area (Å²) in [6.45, 7) is 0. The van der Waals surface area contributed by atoms with Crippen LogP contribution in [0.15, 0.2) is 71.8 Å². The normalized spacial score (nSPS) is 20.4. The highest BCUT2D eigenvalue weighted by atomic mass is 16.5. The van der Waals surface area contributed by atoms with Crippen LogP contribution < -0.4 is 0 Å². The third kappa shape index (κ3) is 2.88. The van der Waals surface area contributed by atoms with Gasteiger partial charge >= 0.3 is 0 Å². The number of methoxy groups -OCH3 is 1. The number of ether oxygens (including phenoxy) is 1. The van der Waals surface area contributed by atoms with Crippen LogP contribution in [0.25, 0.3) is 0 Å². The average molecular weight is 241 g/mol. The number of allylic oxidation sites excluding steroid dienone is 9. The zero-order valence-electron chi connectivity index (χ0n) is 10.5. The van der Waals surface area contributed by atoms with Crippen molar-refractivity contribution in [1.82, 2.24) is 4.90 Å². The number of nitrogens with zero attached hydrogens (tertiary/aromatic N) is 1. The van der Waals surface area contributed by atoms with E-state index in [9.17, 15) is 4.79 Å². The SMILES string of the molecule is COC1=C/C(=C\C=C2C=CN(C)C=C2)C=CC1=O. The van der Waals surface area contributed by atoms with E-state index in [-0.39, 0.29) is 5.78 Å². The quantitative estimate of drug-likeness (QED) is 0.744. The van der Waals surface area contributed by atoms with Crippen LogP contribution in [0.2, 0.25) is 0 Å². The van der Waals surface area contributed by atoms with Crippen molar-refractivity contribution in [2.75, 3.05) is 14.2 Å². The number of ketones is 1. The third-order valence-electron chi connectivity index (χ3n) is 2.66. The van der Waals surface area contributed by atoms with Gasteiger partial charge in [-0.2, -0.15) is 0 Å². The van der Waals surface area contributed by atoms with Crippen molar-refractivity contribution in [3.8, 4) is 0 Å². The molecule has 0 bridgehead atoms. The molecule has 0 N–H and O–H groups in total. The Balaban J connectivity index is 2.16. The first-order valence-corrected chi connectivity index (χ1v) is 5.67. The number of rotatable bonds is 2. The lowest BCUT2D eigenvalue weighted by Gasteiger charge is -2.11. The van der Waals surface area contributed by atoms with Crippen LogP contribution in [-0.4, -0.2) is 24.8 Å². The highest BCUT2D eigenvalue weighted by Gasteiger charge is 2.10. The van der Waals surface area contributed by atoms with Crippen molar-refractivity contribution < 1.29 is 9.53 Å². The third-order valence-corrected chi connectivity index (χ3v) is 2.66. The standard InChI is InChI=1S/C15H15NO2/c1-16-9-7-12(8-10-16)3-4-13-5-6-14(17)15(11-13)18-2/h3-11H,1-2H3/b13-4-. The molecule has 0 saturated heterocycles. The fourth-order valence-corrected chi connectivity index (χ4v) is 1.60. The van der Waals surface area contributed by atoms with Crippen LogP contribution in [0.1, 0.15) is 0 Å². The van der Waals surface area contributed by atoms with E-state index in [0.29, 0.717) is 5.76 Å². The highest BCUT2D eigenvalue weighted by molar-refractivity contribution is 6.04. The van der Waals surface area contributed by atoms with Crippen LogP contribution in [0.4, 0.5) is 0 Å². The molecule has 0 unspecified atom stereocenters. The summed E-state index contributed by atoms with van der Waals surface area (Å²) in [6, 6.07) is 0. The molecule has 1 aliphatic heterocycles. The predicted octanol–water partition coefficient (Wildman–Crippen LogP) is 2.48. The van der Waals surface area contributed by atoms with E-state index in [1.54, 1.807) is 12.2 Å². The Hall–Kier alpha value is -2.29.